The predicted molar refractivity (Wildman–Crippen MR) is 68.9 cm³/mol. The van der Waals surface area contributed by atoms with Gasteiger partial charge in [0.1, 0.15) is 6.10 Å². The van der Waals surface area contributed by atoms with Crippen LogP contribution in [0.15, 0.2) is 11.8 Å². The Morgan fingerprint density at radius 3 is 2.59 bits per heavy atom. The van der Waals surface area contributed by atoms with Gasteiger partial charge in [-0.15, -0.1) is 0 Å². The number of carbonyl (C=O) groups excluding carboxylic acids is 1. The minimum absolute atomic E-state index is 0.0441. The zero-order valence-electron chi connectivity index (χ0n) is 11.2. The standard InChI is InChI=1S/C13H22O3Si/c1-9(14)15-12-7-10-5-6-11(12)13(8-10)16-17(2,3)4/h8,10-12H,5-7H2,1-4H3/t10-,11+,12-/m0/s1. The van der Waals surface area contributed by atoms with Crippen LogP contribution in [0.2, 0.25) is 19.6 Å². The molecule has 4 heteroatoms. The lowest BCUT2D eigenvalue weighted by atomic mass is 9.73. The van der Waals surface area contributed by atoms with E-state index in [-0.39, 0.29) is 12.1 Å². The zero-order valence-corrected chi connectivity index (χ0v) is 12.2. The average molecular weight is 254 g/mol. The van der Waals surface area contributed by atoms with Crippen LogP contribution in [-0.4, -0.2) is 20.4 Å². The molecule has 1 saturated carbocycles. The highest BCUT2D eigenvalue weighted by Gasteiger charge is 2.41. The molecule has 0 aromatic rings. The largest absolute Gasteiger partial charge is 0.547 e. The first-order valence-electron chi connectivity index (χ1n) is 6.43. The van der Waals surface area contributed by atoms with Gasteiger partial charge in [0.2, 0.25) is 8.32 Å². The fourth-order valence-electron chi connectivity index (χ4n) is 2.80. The van der Waals surface area contributed by atoms with Crippen molar-refractivity contribution in [3.05, 3.63) is 11.8 Å². The van der Waals surface area contributed by atoms with Crippen LogP contribution in [0.25, 0.3) is 0 Å². The maximum absolute atomic E-state index is 11.1. The number of hydrogen-bond donors (Lipinski definition) is 0. The fraction of sp³-hybridized carbons (Fsp3) is 0.769. The Labute approximate surface area is 104 Å². The molecule has 0 aliphatic heterocycles. The molecule has 0 aromatic carbocycles. The van der Waals surface area contributed by atoms with E-state index in [0.717, 1.165) is 18.6 Å². The molecule has 0 N–H and O–H groups in total. The van der Waals surface area contributed by atoms with Crippen LogP contribution in [0, 0.1) is 11.8 Å². The van der Waals surface area contributed by atoms with Crippen molar-refractivity contribution in [3.63, 3.8) is 0 Å². The third kappa shape index (κ3) is 3.12. The zero-order chi connectivity index (χ0) is 12.6. The summed E-state index contributed by atoms with van der Waals surface area (Å²) >= 11 is 0. The summed E-state index contributed by atoms with van der Waals surface area (Å²) < 4.78 is 11.6. The molecule has 0 radical (unpaired) electrons. The molecule has 2 bridgehead atoms. The summed E-state index contributed by atoms with van der Waals surface area (Å²) in [5.41, 5.74) is 0. The van der Waals surface area contributed by atoms with Gasteiger partial charge in [-0.3, -0.25) is 4.79 Å². The molecule has 3 atom stereocenters. The van der Waals surface area contributed by atoms with Crippen molar-refractivity contribution in [2.45, 2.75) is 51.9 Å². The van der Waals surface area contributed by atoms with E-state index in [0.29, 0.717) is 11.8 Å². The molecule has 3 nitrogen and oxygen atoms in total. The van der Waals surface area contributed by atoms with E-state index < -0.39 is 8.32 Å². The van der Waals surface area contributed by atoms with E-state index in [1.807, 2.05) is 0 Å². The van der Waals surface area contributed by atoms with Gasteiger partial charge in [-0.2, -0.15) is 0 Å². The Balaban J connectivity index is 2.10. The molecule has 0 unspecified atom stereocenters. The van der Waals surface area contributed by atoms with Crippen molar-refractivity contribution in [2.24, 2.45) is 11.8 Å². The van der Waals surface area contributed by atoms with Gasteiger partial charge >= 0.3 is 5.97 Å². The lowest BCUT2D eigenvalue weighted by Crippen LogP contribution is -2.41. The van der Waals surface area contributed by atoms with E-state index in [4.69, 9.17) is 9.16 Å². The number of allylic oxidation sites excluding steroid dienone is 1. The Morgan fingerprint density at radius 1 is 1.35 bits per heavy atom. The summed E-state index contributed by atoms with van der Waals surface area (Å²) in [6, 6.07) is 0. The van der Waals surface area contributed by atoms with Gasteiger partial charge in [-0.05, 0) is 50.9 Å². The van der Waals surface area contributed by atoms with Crippen molar-refractivity contribution in [1.82, 2.24) is 0 Å². The van der Waals surface area contributed by atoms with E-state index in [9.17, 15) is 4.79 Å². The monoisotopic (exact) mass is 254 g/mol. The van der Waals surface area contributed by atoms with E-state index in [2.05, 4.69) is 25.7 Å². The number of fused-ring (bicyclic) bond motifs is 2. The van der Waals surface area contributed by atoms with Crippen LogP contribution >= 0.6 is 0 Å². The molecule has 0 amide bonds. The number of esters is 1. The van der Waals surface area contributed by atoms with Gasteiger partial charge in [-0.1, -0.05) is 0 Å². The number of ether oxygens (including phenoxy) is 1. The SMILES string of the molecule is CC(=O)O[C@H]1C[C@H]2C=C(O[Si](C)(C)C)[C@@H]1CC2. The molecule has 3 aliphatic rings. The topological polar surface area (TPSA) is 35.5 Å². The lowest BCUT2D eigenvalue weighted by molar-refractivity contribution is -0.151. The smallest absolute Gasteiger partial charge is 0.302 e. The van der Waals surface area contributed by atoms with Crippen molar-refractivity contribution in [2.75, 3.05) is 0 Å². The molecule has 0 spiro atoms. The van der Waals surface area contributed by atoms with Gasteiger partial charge in [0.05, 0.1) is 11.7 Å². The van der Waals surface area contributed by atoms with Gasteiger partial charge in [0, 0.05) is 6.92 Å². The maximum Gasteiger partial charge on any atom is 0.302 e. The average Bonchev–Trinajstić information content (AvgIpc) is 2.14. The normalized spacial score (nSPS) is 32.0. The summed E-state index contributed by atoms with van der Waals surface area (Å²) in [6.45, 7) is 8.07. The molecule has 3 rings (SSSR count). The second-order valence-electron chi connectivity index (χ2n) is 6.11. The van der Waals surface area contributed by atoms with Gasteiger partial charge < -0.3 is 9.16 Å². The van der Waals surface area contributed by atoms with Gasteiger partial charge in [-0.25, -0.2) is 0 Å². The summed E-state index contributed by atoms with van der Waals surface area (Å²) in [5, 5.41) is 0. The van der Waals surface area contributed by atoms with Gasteiger partial charge in [0.25, 0.3) is 0 Å². The van der Waals surface area contributed by atoms with Crippen molar-refractivity contribution in [3.8, 4) is 0 Å². The Bertz CT molecular complexity index is 343. The third-order valence-corrected chi connectivity index (χ3v) is 4.19. The molecule has 17 heavy (non-hydrogen) atoms. The highest BCUT2D eigenvalue weighted by atomic mass is 28.4. The van der Waals surface area contributed by atoms with Crippen LogP contribution in [0.4, 0.5) is 0 Å². The summed E-state index contributed by atoms with van der Waals surface area (Å²) in [6.07, 6.45) is 5.59. The van der Waals surface area contributed by atoms with Crippen molar-refractivity contribution >= 4 is 14.3 Å². The molecular weight excluding hydrogens is 232 g/mol. The number of rotatable bonds is 3. The first kappa shape index (κ1) is 12.7. The van der Waals surface area contributed by atoms with Crippen molar-refractivity contribution < 1.29 is 14.0 Å². The van der Waals surface area contributed by atoms with Crippen LogP contribution < -0.4 is 0 Å². The molecule has 0 aromatic heterocycles. The fourth-order valence-corrected chi connectivity index (χ4v) is 3.73. The van der Waals surface area contributed by atoms with Crippen LogP contribution in [0.1, 0.15) is 26.2 Å². The Kier molecular flexibility index (Phi) is 3.34. The Hall–Kier alpha value is -0.773. The molecule has 3 aliphatic carbocycles. The quantitative estimate of drug-likeness (QED) is 0.573. The van der Waals surface area contributed by atoms with Crippen LogP contribution in [0.5, 0.6) is 0 Å². The number of carbonyl (C=O) groups is 1. The van der Waals surface area contributed by atoms with Gasteiger partial charge in [0.15, 0.2) is 0 Å². The molecule has 96 valence electrons. The van der Waals surface area contributed by atoms with E-state index in [1.165, 1.54) is 13.3 Å². The molecular formula is C13H22O3Si. The third-order valence-electron chi connectivity index (χ3n) is 3.34. The summed E-state index contributed by atoms with van der Waals surface area (Å²) in [4.78, 5) is 11.1. The highest BCUT2D eigenvalue weighted by Crippen LogP contribution is 2.43. The predicted octanol–water partition coefficient (Wildman–Crippen LogP) is 3.08. The molecule has 1 fully saturated rings. The summed E-state index contributed by atoms with van der Waals surface area (Å²) in [7, 11) is -1.56. The van der Waals surface area contributed by atoms with Crippen molar-refractivity contribution in [1.29, 1.82) is 0 Å². The molecule has 0 heterocycles. The molecule has 0 saturated heterocycles. The summed E-state index contributed by atoms with van der Waals surface area (Å²) in [5.74, 6) is 1.76. The second-order valence-corrected chi connectivity index (χ2v) is 10.5. The lowest BCUT2D eigenvalue weighted by Gasteiger charge is -2.42. The first-order chi connectivity index (χ1) is 7.85. The Morgan fingerprint density at radius 2 is 2.06 bits per heavy atom. The van der Waals surface area contributed by atoms with Crippen LogP contribution in [-0.2, 0) is 14.0 Å². The second kappa shape index (κ2) is 4.48. The number of hydrogen-bond acceptors (Lipinski definition) is 3. The first-order valence-corrected chi connectivity index (χ1v) is 9.84. The van der Waals surface area contributed by atoms with Crippen LogP contribution in [0.3, 0.4) is 0 Å². The highest BCUT2D eigenvalue weighted by molar-refractivity contribution is 6.70. The minimum Gasteiger partial charge on any atom is -0.547 e. The minimum atomic E-state index is -1.56. The van der Waals surface area contributed by atoms with E-state index >= 15 is 0 Å². The van der Waals surface area contributed by atoms with E-state index in [1.54, 1.807) is 0 Å². The maximum atomic E-state index is 11.1.